The predicted octanol–water partition coefficient (Wildman–Crippen LogP) is 2.79. The number of nitrogens with zero attached hydrogens (tertiary/aromatic N) is 1. The third-order valence-electron chi connectivity index (χ3n) is 2.70. The minimum atomic E-state index is 0. The van der Waals surface area contributed by atoms with Crippen molar-refractivity contribution in [2.45, 2.75) is 46.5 Å². The van der Waals surface area contributed by atoms with E-state index in [0.717, 1.165) is 71.3 Å². The highest BCUT2D eigenvalue weighted by molar-refractivity contribution is 14.0. The lowest BCUT2D eigenvalue weighted by atomic mass is 10.3. The molecule has 0 bridgehead atoms. The van der Waals surface area contributed by atoms with Gasteiger partial charge in [0, 0.05) is 39.5 Å². The highest BCUT2D eigenvalue weighted by Crippen LogP contribution is 1.91. The third-order valence-corrected chi connectivity index (χ3v) is 2.70. The Morgan fingerprint density at radius 2 is 1.67 bits per heavy atom. The van der Waals surface area contributed by atoms with E-state index in [4.69, 9.17) is 9.47 Å². The van der Waals surface area contributed by atoms with Crippen LogP contribution in [0.3, 0.4) is 0 Å². The Morgan fingerprint density at radius 1 is 0.905 bits per heavy atom. The first-order valence-electron chi connectivity index (χ1n) is 8.02. The number of unbranched alkanes of at least 4 members (excludes halogenated alkanes) is 2. The lowest BCUT2D eigenvalue weighted by Crippen LogP contribution is -2.39. The number of aliphatic imine (C=N–C) groups is 1. The molecule has 0 radical (unpaired) electrons. The van der Waals surface area contributed by atoms with Crippen molar-refractivity contribution in [1.82, 2.24) is 10.6 Å². The summed E-state index contributed by atoms with van der Waals surface area (Å²) in [5.74, 6) is 0.878. The van der Waals surface area contributed by atoms with Crippen LogP contribution in [-0.4, -0.2) is 52.0 Å². The van der Waals surface area contributed by atoms with Crippen LogP contribution < -0.4 is 10.6 Å². The Kier molecular flexibility index (Phi) is 22.0. The van der Waals surface area contributed by atoms with Crippen molar-refractivity contribution in [3.63, 3.8) is 0 Å². The van der Waals surface area contributed by atoms with Crippen LogP contribution in [0.2, 0.25) is 0 Å². The summed E-state index contributed by atoms with van der Waals surface area (Å²) in [7, 11) is 0. The molecule has 0 aliphatic rings. The van der Waals surface area contributed by atoms with Gasteiger partial charge in [0.15, 0.2) is 5.96 Å². The highest BCUT2D eigenvalue weighted by Gasteiger charge is 1.96. The Bertz CT molecular complexity index is 229. The molecule has 2 N–H and O–H groups in total. The van der Waals surface area contributed by atoms with Crippen molar-refractivity contribution >= 4 is 29.9 Å². The summed E-state index contributed by atoms with van der Waals surface area (Å²) in [5.41, 5.74) is 0. The highest BCUT2D eigenvalue weighted by atomic mass is 127. The molecule has 0 heterocycles. The molecule has 0 aliphatic carbocycles. The van der Waals surface area contributed by atoms with E-state index < -0.39 is 0 Å². The Labute approximate surface area is 147 Å². The van der Waals surface area contributed by atoms with E-state index in [-0.39, 0.29) is 24.0 Å². The smallest absolute Gasteiger partial charge is 0.191 e. The maximum Gasteiger partial charge on any atom is 0.191 e. The van der Waals surface area contributed by atoms with E-state index >= 15 is 0 Å². The number of halogens is 1. The first kappa shape index (κ1) is 23.2. The van der Waals surface area contributed by atoms with E-state index in [2.05, 4.69) is 29.5 Å². The molecule has 0 rings (SSSR count). The zero-order valence-corrected chi connectivity index (χ0v) is 16.3. The predicted molar refractivity (Wildman–Crippen MR) is 101 cm³/mol. The Balaban J connectivity index is 0. The molecular formula is C15H34IN3O2. The Morgan fingerprint density at radius 3 is 2.33 bits per heavy atom. The molecule has 5 nitrogen and oxygen atoms in total. The monoisotopic (exact) mass is 415 g/mol. The third kappa shape index (κ3) is 17.9. The van der Waals surface area contributed by atoms with Gasteiger partial charge in [-0.3, -0.25) is 4.99 Å². The number of guanidine groups is 1. The molecule has 0 saturated heterocycles. The van der Waals surface area contributed by atoms with Crippen molar-refractivity contribution in [1.29, 1.82) is 0 Å². The molecule has 0 aromatic heterocycles. The number of rotatable bonds is 13. The summed E-state index contributed by atoms with van der Waals surface area (Å²) in [6.45, 7) is 12.0. The average molecular weight is 415 g/mol. The quantitative estimate of drug-likeness (QED) is 0.210. The van der Waals surface area contributed by atoms with E-state index in [0.29, 0.717) is 0 Å². The van der Waals surface area contributed by atoms with E-state index in [1.807, 2.05) is 6.92 Å². The standard InChI is InChI=1S/C15H33N3O2.HI/c1-4-7-12-20-14-11-18-15(16-5-2)17-10-8-9-13-19-6-3;/h4-14H2,1-3H3,(H2,16,17,18);1H. The van der Waals surface area contributed by atoms with Gasteiger partial charge >= 0.3 is 0 Å². The first-order valence-corrected chi connectivity index (χ1v) is 8.02. The van der Waals surface area contributed by atoms with E-state index in [1.54, 1.807) is 0 Å². The fraction of sp³-hybridized carbons (Fsp3) is 0.933. The van der Waals surface area contributed by atoms with Crippen LogP contribution in [0.5, 0.6) is 0 Å². The van der Waals surface area contributed by atoms with Crippen molar-refractivity contribution in [3.05, 3.63) is 0 Å². The molecule has 0 aromatic rings. The summed E-state index contributed by atoms with van der Waals surface area (Å²) in [5, 5.41) is 6.52. The van der Waals surface area contributed by atoms with E-state index in [1.165, 1.54) is 6.42 Å². The number of nitrogens with one attached hydrogen (secondary N) is 2. The summed E-state index contributed by atoms with van der Waals surface area (Å²) < 4.78 is 10.8. The second-order valence-electron chi connectivity index (χ2n) is 4.56. The van der Waals surface area contributed by atoms with Gasteiger partial charge in [0.2, 0.25) is 0 Å². The summed E-state index contributed by atoms with van der Waals surface area (Å²) in [4.78, 5) is 4.53. The topological polar surface area (TPSA) is 54.9 Å². The summed E-state index contributed by atoms with van der Waals surface area (Å²) in [6, 6.07) is 0. The lowest BCUT2D eigenvalue weighted by Gasteiger charge is -2.11. The van der Waals surface area contributed by atoms with Gasteiger partial charge in [-0.1, -0.05) is 13.3 Å². The van der Waals surface area contributed by atoms with Crippen LogP contribution in [-0.2, 0) is 9.47 Å². The zero-order chi connectivity index (χ0) is 14.9. The summed E-state index contributed by atoms with van der Waals surface area (Å²) in [6.07, 6.45) is 4.44. The Hall–Kier alpha value is -0.0800. The maximum absolute atomic E-state index is 5.51. The van der Waals surface area contributed by atoms with Gasteiger partial charge in [-0.2, -0.15) is 0 Å². The number of hydrogen-bond donors (Lipinski definition) is 2. The number of ether oxygens (including phenoxy) is 2. The van der Waals surface area contributed by atoms with Crippen LogP contribution in [0.1, 0.15) is 46.5 Å². The van der Waals surface area contributed by atoms with Gasteiger partial charge < -0.3 is 20.1 Å². The summed E-state index contributed by atoms with van der Waals surface area (Å²) >= 11 is 0. The SMILES string of the molecule is CCCCOCCNC(=NCCCCOCC)NCC.I. The van der Waals surface area contributed by atoms with Crippen LogP contribution in [0.4, 0.5) is 0 Å². The molecule has 0 spiro atoms. The molecule has 0 saturated carbocycles. The molecule has 0 fully saturated rings. The van der Waals surface area contributed by atoms with Crippen molar-refractivity contribution in [2.75, 3.05) is 46.1 Å². The van der Waals surface area contributed by atoms with Crippen molar-refractivity contribution in [2.24, 2.45) is 4.99 Å². The first-order chi connectivity index (χ1) is 9.85. The zero-order valence-electron chi connectivity index (χ0n) is 14.0. The van der Waals surface area contributed by atoms with Gasteiger partial charge in [-0.15, -0.1) is 24.0 Å². The van der Waals surface area contributed by atoms with Gasteiger partial charge in [0.1, 0.15) is 0 Å². The molecule has 0 aromatic carbocycles. The van der Waals surface area contributed by atoms with Crippen LogP contribution in [0, 0.1) is 0 Å². The fourth-order valence-electron chi connectivity index (χ4n) is 1.58. The number of hydrogen-bond acceptors (Lipinski definition) is 3. The minimum Gasteiger partial charge on any atom is -0.382 e. The van der Waals surface area contributed by atoms with Gasteiger partial charge in [-0.05, 0) is 33.1 Å². The molecule has 0 atom stereocenters. The van der Waals surface area contributed by atoms with Crippen LogP contribution >= 0.6 is 24.0 Å². The van der Waals surface area contributed by atoms with E-state index in [9.17, 15) is 0 Å². The van der Waals surface area contributed by atoms with Crippen molar-refractivity contribution in [3.8, 4) is 0 Å². The second kappa shape index (κ2) is 19.9. The lowest BCUT2D eigenvalue weighted by molar-refractivity contribution is 0.136. The normalized spacial score (nSPS) is 11.1. The van der Waals surface area contributed by atoms with Gasteiger partial charge in [0.25, 0.3) is 0 Å². The largest absolute Gasteiger partial charge is 0.382 e. The van der Waals surface area contributed by atoms with Crippen LogP contribution in [0.15, 0.2) is 4.99 Å². The molecule has 0 amide bonds. The minimum absolute atomic E-state index is 0. The average Bonchev–Trinajstić information content (AvgIpc) is 2.46. The van der Waals surface area contributed by atoms with Gasteiger partial charge in [-0.25, -0.2) is 0 Å². The molecule has 6 heteroatoms. The molecule has 0 unspecified atom stereocenters. The second-order valence-corrected chi connectivity index (χ2v) is 4.56. The van der Waals surface area contributed by atoms with Crippen molar-refractivity contribution < 1.29 is 9.47 Å². The molecular weight excluding hydrogens is 381 g/mol. The molecule has 21 heavy (non-hydrogen) atoms. The van der Waals surface area contributed by atoms with Gasteiger partial charge in [0.05, 0.1) is 6.61 Å². The maximum atomic E-state index is 5.51. The van der Waals surface area contributed by atoms with Crippen LogP contribution in [0.25, 0.3) is 0 Å². The fourth-order valence-corrected chi connectivity index (χ4v) is 1.58. The molecule has 128 valence electrons. The molecule has 0 aliphatic heterocycles.